The maximum absolute atomic E-state index is 12.4. The number of amides is 1. The summed E-state index contributed by atoms with van der Waals surface area (Å²) in [6.45, 7) is 7.99. The van der Waals surface area contributed by atoms with Gasteiger partial charge in [0.05, 0.1) is 0 Å². The van der Waals surface area contributed by atoms with E-state index in [2.05, 4.69) is 29.7 Å². The average molecular weight is 246 g/mol. The van der Waals surface area contributed by atoms with Gasteiger partial charge in [-0.25, -0.2) is 0 Å². The lowest BCUT2D eigenvalue weighted by Crippen LogP contribution is -2.42. The molecule has 1 aliphatic rings. The van der Waals surface area contributed by atoms with Crippen molar-refractivity contribution in [2.24, 2.45) is 5.41 Å². The van der Waals surface area contributed by atoms with E-state index in [1.54, 1.807) is 0 Å². The monoisotopic (exact) mass is 246 g/mol. The van der Waals surface area contributed by atoms with Crippen LogP contribution in [0.3, 0.4) is 0 Å². The van der Waals surface area contributed by atoms with E-state index in [9.17, 15) is 4.79 Å². The Hall–Kier alpha value is -1.35. The van der Waals surface area contributed by atoms with E-state index in [0.717, 1.165) is 37.2 Å². The van der Waals surface area contributed by atoms with Gasteiger partial charge in [-0.15, -0.1) is 0 Å². The minimum absolute atomic E-state index is 0.151. The highest BCUT2D eigenvalue weighted by Crippen LogP contribution is 2.30. The summed E-state index contributed by atoms with van der Waals surface area (Å²) in [5.74, 6) is 0.151. The normalized spacial score (nSPS) is 18.4. The first-order chi connectivity index (χ1) is 8.51. The smallest absolute Gasteiger partial charge is 0.230 e. The molecule has 0 unspecified atom stereocenters. The van der Waals surface area contributed by atoms with E-state index in [1.807, 2.05) is 19.9 Å². The summed E-state index contributed by atoms with van der Waals surface area (Å²) in [5, 5.41) is 6.39. The van der Waals surface area contributed by atoms with Crippen molar-refractivity contribution in [3.05, 3.63) is 29.3 Å². The summed E-state index contributed by atoms with van der Waals surface area (Å²) < 4.78 is 0. The van der Waals surface area contributed by atoms with E-state index in [4.69, 9.17) is 0 Å². The zero-order valence-electron chi connectivity index (χ0n) is 11.5. The third-order valence-corrected chi connectivity index (χ3v) is 3.90. The standard InChI is InChI=1S/C15H22N2O/c1-11-4-5-12(2)13(10-11)17-14(18)15(3)6-8-16-9-7-15/h4-5,10,16H,6-9H2,1-3H3,(H,17,18). The number of carbonyl (C=O) groups excluding carboxylic acids is 1. The molecule has 1 aromatic carbocycles. The topological polar surface area (TPSA) is 41.1 Å². The molecule has 3 heteroatoms. The summed E-state index contributed by atoms with van der Waals surface area (Å²) in [4.78, 5) is 12.4. The third kappa shape index (κ3) is 2.72. The summed E-state index contributed by atoms with van der Waals surface area (Å²) in [7, 11) is 0. The summed E-state index contributed by atoms with van der Waals surface area (Å²) >= 11 is 0. The van der Waals surface area contributed by atoms with Crippen LogP contribution in [0.4, 0.5) is 5.69 Å². The van der Waals surface area contributed by atoms with Crippen molar-refractivity contribution in [2.75, 3.05) is 18.4 Å². The number of aryl methyl sites for hydroxylation is 2. The molecule has 98 valence electrons. The minimum Gasteiger partial charge on any atom is -0.325 e. The average Bonchev–Trinajstić information content (AvgIpc) is 2.35. The van der Waals surface area contributed by atoms with Crippen LogP contribution in [0.1, 0.15) is 30.9 Å². The Kier molecular flexibility index (Phi) is 3.71. The Morgan fingerprint density at radius 2 is 1.94 bits per heavy atom. The van der Waals surface area contributed by atoms with Gasteiger partial charge in [-0.2, -0.15) is 0 Å². The van der Waals surface area contributed by atoms with Crippen LogP contribution < -0.4 is 10.6 Å². The van der Waals surface area contributed by atoms with Gasteiger partial charge in [-0.3, -0.25) is 4.79 Å². The fourth-order valence-corrected chi connectivity index (χ4v) is 2.35. The highest BCUT2D eigenvalue weighted by atomic mass is 16.2. The molecule has 0 aromatic heterocycles. The van der Waals surface area contributed by atoms with Crippen molar-refractivity contribution in [1.29, 1.82) is 0 Å². The molecule has 1 saturated heterocycles. The lowest BCUT2D eigenvalue weighted by molar-refractivity contribution is -0.126. The highest BCUT2D eigenvalue weighted by Gasteiger charge is 2.34. The van der Waals surface area contributed by atoms with Crippen molar-refractivity contribution in [3.8, 4) is 0 Å². The van der Waals surface area contributed by atoms with Crippen LogP contribution in [0.15, 0.2) is 18.2 Å². The zero-order chi connectivity index (χ0) is 13.2. The number of rotatable bonds is 2. The van der Waals surface area contributed by atoms with E-state index in [-0.39, 0.29) is 11.3 Å². The van der Waals surface area contributed by atoms with E-state index >= 15 is 0 Å². The largest absolute Gasteiger partial charge is 0.325 e. The second kappa shape index (κ2) is 5.11. The number of benzene rings is 1. The second-order valence-electron chi connectivity index (χ2n) is 5.58. The van der Waals surface area contributed by atoms with Gasteiger partial charge in [0.25, 0.3) is 0 Å². The number of nitrogens with one attached hydrogen (secondary N) is 2. The first kappa shape index (κ1) is 13.1. The number of hydrogen-bond donors (Lipinski definition) is 2. The molecule has 0 radical (unpaired) electrons. The van der Waals surface area contributed by atoms with Crippen molar-refractivity contribution < 1.29 is 4.79 Å². The Bertz CT molecular complexity index is 448. The summed E-state index contributed by atoms with van der Waals surface area (Å²) in [6, 6.07) is 6.16. The molecule has 1 aliphatic heterocycles. The number of piperidine rings is 1. The van der Waals surface area contributed by atoms with Gasteiger partial charge in [0.1, 0.15) is 0 Å². The molecule has 0 spiro atoms. The fraction of sp³-hybridized carbons (Fsp3) is 0.533. The molecule has 2 N–H and O–H groups in total. The molecule has 3 nitrogen and oxygen atoms in total. The number of carbonyl (C=O) groups is 1. The molecule has 0 bridgehead atoms. The minimum atomic E-state index is -0.235. The molecule has 1 amide bonds. The molecule has 18 heavy (non-hydrogen) atoms. The second-order valence-corrected chi connectivity index (χ2v) is 5.58. The predicted octanol–water partition coefficient (Wildman–Crippen LogP) is 2.63. The quantitative estimate of drug-likeness (QED) is 0.842. The maximum atomic E-state index is 12.4. The lowest BCUT2D eigenvalue weighted by Gasteiger charge is -2.32. The van der Waals surface area contributed by atoms with Crippen molar-refractivity contribution in [3.63, 3.8) is 0 Å². The molecule has 0 saturated carbocycles. The van der Waals surface area contributed by atoms with Crippen LogP contribution in [0.5, 0.6) is 0 Å². The van der Waals surface area contributed by atoms with Gasteiger partial charge in [-0.05, 0) is 57.0 Å². The highest BCUT2D eigenvalue weighted by molar-refractivity contribution is 5.95. The van der Waals surface area contributed by atoms with Gasteiger partial charge in [0.15, 0.2) is 0 Å². The van der Waals surface area contributed by atoms with Crippen LogP contribution in [0.2, 0.25) is 0 Å². The van der Waals surface area contributed by atoms with Gasteiger partial charge in [-0.1, -0.05) is 19.1 Å². The predicted molar refractivity (Wildman–Crippen MR) is 74.8 cm³/mol. The van der Waals surface area contributed by atoms with Gasteiger partial charge >= 0.3 is 0 Å². The lowest BCUT2D eigenvalue weighted by atomic mass is 9.80. The van der Waals surface area contributed by atoms with Crippen LogP contribution >= 0.6 is 0 Å². The summed E-state index contributed by atoms with van der Waals surface area (Å²) in [5.41, 5.74) is 3.00. The Morgan fingerprint density at radius 3 is 2.61 bits per heavy atom. The van der Waals surface area contributed by atoms with Crippen LogP contribution in [0.25, 0.3) is 0 Å². The van der Waals surface area contributed by atoms with E-state index in [1.165, 1.54) is 5.56 Å². The molecular weight excluding hydrogens is 224 g/mol. The third-order valence-electron chi connectivity index (χ3n) is 3.90. The maximum Gasteiger partial charge on any atom is 0.230 e. The van der Waals surface area contributed by atoms with Crippen molar-refractivity contribution in [2.45, 2.75) is 33.6 Å². The van der Waals surface area contributed by atoms with Crippen LogP contribution in [0, 0.1) is 19.3 Å². The van der Waals surface area contributed by atoms with Gasteiger partial charge in [0.2, 0.25) is 5.91 Å². The van der Waals surface area contributed by atoms with Gasteiger partial charge in [0, 0.05) is 11.1 Å². The molecule has 1 aromatic rings. The molecule has 1 fully saturated rings. The Morgan fingerprint density at radius 1 is 1.28 bits per heavy atom. The first-order valence-corrected chi connectivity index (χ1v) is 6.61. The molecule has 2 rings (SSSR count). The molecular formula is C15H22N2O. The number of hydrogen-bond acceptors (Lipinski definition) is 2. The fourth-order valence-electron chi connectivity index (χ4n) is 2.35. The SMILES string of the molecule is Cc1ccc(C)c(NC(=O)C2(C)CCNCC2)c1. The van der Waals surface area contributed by atoms with Crippen LogP contribution in [-0.4, -0.2) is 19.0 Å². The van der Waals surface area contributed by atoms with E-state index < -0.39 is 0 Å². The molecule has 0 atom stereocenters. The summed E-state index contributed by atoms with van der Waals surface area (Å²) in [6.07, 6.45) is 1.81. The zero-order valence-corrected chi connectivity index (χ0v) is 11.5. The van der Waals surface area contributed by atoms with Crippen LogP contribution in [-0.2, 0) is 4.79 Å². The van der Waals surface area contributed by atoms with Gasteiger partial charge < -0.3 is 10.6 Å². The first-order valence-electron chi connectivity index (χ1n) is 6.61. The van der Waals surface area contributed by atoms with E-state index in [0.29, 0.717) is 0 Å². The molecule has 0 aliphatic carbocycles. The molecule has 1 heterocycles. The Labute approximate surface area is 109 Å². The number of anilines is 1. The van der Waals surface area contributed by atoms with Crippen molar-refractivity contribution in [1.82, 2.24) is 5.32 Å². The Balaban J connectivity index is 2.13. The van der Waals surface area contributed by atoms with Crippen molar-refractivity contribution >= 4 is 11.6 Å².